The predicted molar refractivity (Wildman–Crippen MR) is 110 cm³/mol. The number of phosphoric acid groups is 1. The molecule has 0 bridgehead atoms. The number of H-pyrrole nitrogens is 1. The molecule has 3 heterocycles. The molecule has 0 radical (unpaired) electrons. The Morgan fingerprint density at radius 1 is 1.55 bits per heavy atom. The fourth-order valence-corrected chi connectivity index (χ4v) is 4.15. The number of nitrogens with two attached hydrogens (primary N) is 1. The first-order valence-corrected chi connectivity index (χ1v) is 11.6. The molecule has 1 aliphatic rings. The Bertz CT molecular complexity index is 1030. The number of aromatic amines is 1. The molecule has 0 saturated carbocycles. The molecule has 1 saturated heterocycles. The van der Waals surface area contributed by atoms with Gasteiger partial charge in [-0.25, -0.2) is 9.55 Å². The highest BCUT2D eigenvalue weighted by Gasteiger charge is 2.38. The number of ether oxygens (including phenoxy) is 1. The van der Waals surface area contributed by atoms with E-state index in [4.69, 9.17) is 31.1 Å². The monoisotopic (exact) mass is 478 g/mol. The number of alkyl halides is 1. The Balaban J connectivity index is 1.60. The van der Waals surface area contributed by atoms with Crippen LogP contribution in [0.25, 0.3) is 11.2 Å². The Hall–Kier alpha value is -2.02. The Kier molecular flexibility index (Phi) is 7.68. The smallest absolute Gasteiger partial charge is 0.369 e. The fourth-order valence-electron chi connectivity index (χ4n) is 3.32. The number of phosphoric ester groups is 1. The van der Waals surface area contributed by atoms with Crippen molar-refractivity contribution in [1.82, 2.24) is 24.8 Å². The van der Waals surface area contributed by atoms with Crippen LogP contribution in [0.3, 0.4) is 0 Å². The van der Waals surface area contributed by atoms with E-state index in [0.717, 1.165) is 6.42 Å². The van der Waals surface area contributed by atoms with Gasteiger partial charge in [-0.1, -0.05) is 13.3 Å². The van der Waals surface area contributed by atoms with E-state index in [-0.39, 0.29) is 48.7 Å². The van der Waals surface area contributed by atoms with Crippen LogP contribution < -0.4 is 16.6 Å². The number of halogens is 1. The minimum absolute atomic E-state index is 0.0159. The first-order chi connectivity index (χ1) is 14.7. The number of carbonyl (C=O) groups excluding carboxylic acids is 1. The van der Waals surface area contributed by atoms with Crippen molar-refractivity contribution in [3.63, 3.8) is 0 Å². The molecule has 5 N–H and O–H groups in total. The van der Waals surface area contributed by atoms with Crippen LogP contribution in [0.1, 0.15) is 26.0 Å². The van der Waals surface area contributed by atoms with Gasteiger partial charge in [-0.2, -0.15) is 4.98 Å². The number of hydrogen-bond acceptors (Lipinski definition) is 9. The summed E-state index contributed by atoms with van der Waals surface area (Å²) < 4.78 is 29.6. The van der Waals surface area contributed by atoms with Crippen molar-refractivity contribution in [2.45, 2.75) is 32.1 Å². The molecule has 15 heteroatoms. The average molecular weight is 479 g/mol. The molecule has 4 unspecified atom stereocenters. The van der Waals surface area contributed by atoms with Crippen molar-refractivity contribution in [1.29, 1.82) is 0 Å². The SMILES string of the molecule is CCC1CC(n2cnc3c(=O)[nH]c(N)nc32)OC1COP(=O)(O)OCCNC(=O)CCl. The quantitative estimate of drug-likeness (QED) is 0.213. The molecule has 3 rings (SSSR count). The molecule has 0 aliphatic carbocycles. The van der Waals surface area contributed by atoms with Crippen molar-refractivity contribution in [2.24, 2.45) is 5.92 Å². The highest BCUT2D eigenvalue weighted by Crippen LogP contribution is 2.45. The Morgan fingerprint density at radius 2 is 2.32 bits per heavy atom. The van der Waals surface area contributed by atoms with Crippen LogP contribution in [0.15, 0.2) is 11.1 Å². The number of amides is 1. The van der Waals surface area contributed by atoms with Gasteiger partial charge in [-0.3, -0.25) is 28.2 Å². The van der Waals surface area contributed by atoms with Crippen LogP contribution in [0.5, 0.6) is 0 Å². The number of imidazole rings is 1. The molecule has 31 heavy (non-hydrogen) atoms. The molecule has 1 aliphatic heterocycles. The number of aromatic nitrogens is 4. The molecular weight excluding hydrogens is 455 g/mol. The van der Waals surface area contributed by atoms with Gasteiger partial charge in [0, 0.05) is 6.54 Å². The maximum absolute atomic E-state index is 12.1. The van der Waals surface area contributed by atoms with E-state index in [1.165, 1.54) is 6.33 Å². The first-order valence-electron chi connectivity index (χ1n) is 9.56. The molecule has 4 atom stereocenters. The van der Waals surface area contributed by atoms with E-state index in [9.17, 15) is 19.0 Å². The average Bonchev–Trinajstić information content (AvgIpc) is 3.33. The molecule has 1 amide bonds. The second kappa shape index (κ2) is 10.1. The molecular formula is C16H24ClN6O7P. The third kappa shape index (κ3) is 5.82. The number of nitrogens with one attached hydrogen (secondary N) is 2. The summed E-state index contributed by atoms with van der Waals surface area (Å²) in [5.74, 6) is -0.649. The zero-order valence-electron chi connectivity index (χ0n) is 16.7. The summed E-state index contributed by atoms with van der Waals surface area (Å²) in [5.41, 5.74) is 5.61. The third-order valence-electron chi connectivity index (χ3n) is 4.85. The molecule has 172 valence electrons. The van der Waals surface area contributed by atoms with Gasteiger partial charge in [0.15, 0.2) is 11.2 Å². The Labute approximate surface area is 181 Å². The number of nitrogen functional groups attached to an aromatic ring is 1. The predicted octanol–water partition coefficient (Wildman–Crippen LogP) is 0.504. The lowest BCUT2D eigenvalue weighted by atomic mass is 9.98. The molecule has 2 aromatic heterocycles. The van der Waals surface area contributed by atoms with Gasteiger partial charge in [0.25, 0.3) is 5.56 Å². The molecule has 1 fully saturated rings. The van der Waals surface area contributed by atoms with Crippen LogP contribution in [0.2, 0.25) is 0 Å². The zero-order chi connectivity index (χ0) is 22.6. The standard InChI is InChI=1S/C16H24ClN6O7P/c1-2-9-5-12(23-8-20-13-14(23)21-16(18)22-15(13)25)30-10(9)7-29-31(26,27)28-4-3-19-11(24)6-17/h8-10,12H,2-7H2,1H3,(H,19,24)(H,26,27)(H3,18,21,22,25). The number of fused-ring (bicyclic) bond motifs is 1. The van der Waals surface area contributed by atoms with E-state index in [1.54, 1.807) is 4.57 Å². The van der Waals surface area contributed by atoms with E-state index in [1.807, 2.05) is 6.92 Å². The van der Waals surface area contributed by atoms with Gasteiger partial charge >= 0.3 is 7.82 Å². The van der Waals surface area contributed by atoms with Gasteiger partial charge in [0.05, 0.1) is 25.6 Å². The number of rotatable bonds is 10. The summed E-state index contributed by atoms with van der Waals surface area (Å²) in [6, 6.07) is 0. The van der Waals surface area contributed by atoms with E-state index in [0.29, 0.717) is 6.42 Å². The summed E-state index contributed by atoms with van der Waals surface area (Å²) in [6.07, 6.45) is 1.75. The summed E-state index contributed by atoms with van der Waals surface area (Å²) >= 11 is 5.34. The lowest BCUT2D eigenvalue weighted by Crippen LogP contribution is -2.28. The molecule has 13 nitrogen and oxygen atoms in total. The lowest BCUT2D eigenvalue weighted by Gasteiger charge is -2.19. The number of nitrogens with zero attached hydrogens (tertiary/aromatic N) is 3. The van der Waals surface area contributed by atoms with Crippen molar-refractivity contribution in [3.8, 4) is 0 Å². The van der Waals surface area contributed by atoms with Gasteiger partial charge in [0.1, 0.15) is 12.1 Å². The van der Waals surface area contributed by atoms with Crippen LogP contribution in [-0.2, 0) is 23.1 Å². The summed E-state index contributed by atoms with van der Waals surface area (Å²) in [6.45, 7) is 1.58. The second-order valence-corrected chi connectivity index (χ2v) is 8.61. The van der Waals surface area contributed by atoms with Crippen LogP contribution in [-0.4, -0.2) is 62.1 Å². The molecule has 2 aromatic rings. The van der Waals surface area contributed by atoms with Gasteiger partial charge in [-0.05, 0) is 12.3 Å². The summed E-state index contributed by atoms with van der Waals surface area (Å²) in [4.78, 5) is 43.4. The Morgan fingerprint density at radius 3 is 3.03 bits per heavy atom. The maximum atomic E-state index is 12.1. The summed E-state index contributed by atoms with van der Waals surface area (Å²) in [5, 5.41) is 2.41. The minimum atomic E-state index is -4.34. The van der Waals surface area contributed by atoms with Gasteiger partial charge < -0.3 is 20.7 Å². The lowest BCUT2D eigenvalue weighted by molar-refractivity contribution is -0.118. The number of anilines is 1. The maximum Gasteiger partial charge on any atom is 0.472 e. The highest BCUT2D eigenvalue weighted by atomic mass is 35.5. The van der Waals surface area contributed by atoms with Crippen molar-refractivity contribution < 1.29 is 28.0 Å². The van der Waals surface area contributed by atoms with Crippen LogP contribution >= 0.6 is 19.4 Å². The normalized spacial score (nSPS) is 23.1. The second-order valence-electron chi connectivity index (χ2n) is 6.89. The van der Waals surface area contributed by atoms with Gasteiger partial charge in [-0.15, -0.1) is 11.6 Å². The van der Waals surface area contributed by atoms with Crippen LogP contribution in [0, 0.1) is 5.92 Å². The van der Waals surface area contributed by atoms with Gasteiger partial charge in [0.2, 0.25) is 11.9 Å². The molecule has 0 aromatic carbocycles. The van der Waals surface area contributed by atoms with Crippen molar-refractivity contribution in [3.05, 3.63) is 16.7 Å². The minimum Gasteiger partial charge on any atom is -0.369 e. The highest BCUT2D eigenvalue weighted by molar-refractivity contribution is 7.47. The van der Waals surface area contributed by atoms with E-state index in [2.05, 4.69) is 20.3 Å². The summed E-state index contributed by atoms with van der Waals surface area (Å²) in [7, 11) is -4.34. The third-order valence-corrected chi connectivity index (χ3v) is 6.08. The first kappa shape index (κ1) is 23.6. The van der Waals surface area contributed by atoms with E-state index < -0.39 is 31.6 Å². The topological polar surface area (TPSA) is 184 Å². The molecule has 0 spiro atoms. The van der Waals surface area contributed by atoms with Crippen molar-refractivity contribution in [2.75, 3.05) is 31.4 Å². The fraction of sp³-hybridized carbons (Fsp3) is 0.625. The largest absolute Gasteiger partial charge is 0.472 e. The van der Waals surface area contributed by atoms with E-state index >= 15 is 0 Å². The van der Waals surface area contributed by atoms with Crippen molar-refractivity contribution >= 4 is 42.4 Å². The number of hydrogen-bond donors (Lipinski definition) is 4. The zero-order valence-corrected chi connectivity index (χ0v) is 18.3. The van der Waals surface area contributed by atoms with Crippen LogP contribution in [0.4, 0.5) is 5.95 Å². The number of carbonyl (C=O) groups is 1.